The number of fused-ring (bicyclic) bond motifs is 1. The van der Waals surface area contributed by atoms with Gasteiger partial charge in [-0.2, -0.15) is 10.2 Å². The van der Waals surface area contributed by atoms with Crippen molar-refractivity contribution in [2.24, 2.45) is 5.10 Å². The largest absolute Gasteiger partial charge is 0.463 e. The third-order valence-corrected chi connectivity index (χ3v) is 2.92. The first-order valence-electron chi connectivity index (χ1n) is 5.77. The number of rotatable bonds is 3. The third-order valence-electron chi connectivity index (χ3n) is 2.92. The summed E-state index contributed by atoms with van der Waals surface area (Å²) in [6.07, 6.45) is 5.93. The van der Waals surface area contributed by atoms with Crippen molar-refractivity contribution in [3.63, 3.8) is 0 Å². The van der Waals surface area contributed by atoms with Crippen LogP contribution in [0.3, 0.4) is 0 Å². The second-order valence-corrected chi connectivity index (χ2v) is 4.10. The highest BCUT2D eigenvalue weighted by molar-refractivity contribution is 5.94. The highest BCUT2D eigenvalue weighted by Gasteiger charge is 2.22. The predicted octanol–water partition coefficient (Wildman–Crippen LogP) is 1.26. The van der Waals surface area contributed by atoms with Gasteiger partial charge in [-0.05, 0) is 31.4 Å². The first-order valence-corrected chi connectivity index (χ1v) is 5.77. The molecule has 6 heteroatoms. The highest BCUT2D eigenvalue weighted by atomic mass is 16.3. The van der Waals surface area contributed by atoms with Crippen LogP contribution < -0.4 is 5.43 Å². The Morgan fingerprint density at radius 2 is 2.50 bits per heavy atom. The number of nitrogens with zero attached hydrogens (tertiary/aromatic N) is 2. The van der Waals surface area contributed by atoms with Gasteiger partial charge in [-0.3, -0.25) is 9.89 Å². The van der Waals surface area contributed by atoms with Gasteiger partial charge in [-0.25, -0.2) is 5.43 Å². The molecule has 0 bridgehead atoms. The molecule has 2 aromatic rings. The summed E-state index contributed by atoms with van der Waals surface area (Å²) < 4.78 is 5.06. The molecule has 2 N–H and O–H groups in total. The van der Waals surface area contributed by atoms with Gasteiger partial charge >= 0.3 is 0 Å². The number of carbonyl (C=O) groups excluding carboxylic acids is 1. The van der Waals surface area contributed by atoms with Gasteiger partial charge in [-0.1, -0.05) is 0 Å². The van der Waals surface area contributed by atoms with E-state index in [4.69, 9.17) is 4.42 Å². The minimum absolute atomic E-state index is 0.294. The van der Waals surface area contributed by atoms with Crippen molar-refractivity contribution in [3.8, 4) is 0 Å². The maximum Gasteiger partial charge on any atom is 0.292 e. The molecule has 0 aromatic carbocycles. The summed E-state index contributed by atoms with van der Waals surface area (Å²) in [5, 5.41) is 10.7. The molecule has 0 saturated heterocycles. The molecule has 3 rings (SSSR count). The van der Waals surface area contributed by atoms with Crippen molar-refractivity contribution in [2.45, 2.75) is 19.3 Å². The van der Waals surface area contributed by atoms with Crippen molar-refractivity contribution in [1.82, 2.24) is 15.6 Å². The smallest absolute Gasteiger partial charge is 0.292 e. The lowest BCUT2D eigenvalue weighted by Gasteiger charge is -1.97. The van der Waals surface area contributed by atoms with E-state index in [1.54, 1.807) is 18.4 Å². The Balaban J connectivity index is 1.68. The van der Waals surface area contributed by atoms with Crippen LogP contribution in [-0.4, -0.2) is 22.3 Å². The number of H-pyrrole nitrogens is 1. The lowest BCUT2D eigenvalue weighted by molar-refractivity contribution is 0.0949. The summed E-state index contributed by atoms with van der Waals surface area (Å²) in [6.45, 7) is 0. The van der Waals surface area contributed by atoms with E-state index >= 15 is 0 Å². The zero-order valence-corrected chi connectivity index (χ0v) is 9.64. The number of aromatic amines is 1. The molecule has 0 saturated carbocycles. The van der Waals surface area contributed by atoms with Crippen molar-refractivity contribution in [1.29, 1.82) is 0 Å². The van der Waals surface area contributed by atoms with E-state index in [1.165, 1.54) is 6.21 Å². The fourth-order valence-electron chi connectivity index (χ4n) is 2.08. The zero-order chi connectivity index (χ0) is 12.4. The molecule has 0 radical (unpaired) electrons. The van der Waals surface area contributed by atoms with Gasteiger partial charge in [0, 0.05) is 11.3 Å². The molecular formula is C12H12N4O2. The number of hydrazone groups is 1. The van der Waals surface area contributed by atoms with Crippen LogP contribution in [0, 0.1) is 0 Å². The van der Waals surface area contributed by atoms with E-state index in [-0.39, 0.29) is 5.91 Å². The molecule has 1 amide bonds. The standard InChI is InChI=1S/C12H12N4O2/c17-12(16-13-7-8-3-2-6-18-8)11-9-4-1-5-10(9)14-15-11/h2-3,6-7H,1,4-5H2,(H,14,15)(H,16,17)/b13-7-. The van der Waals surface area contributed by atoms with Crippen LogP contribution in [0.15, 0.2) is 27.9 Å². The average molecular weight is 244 g/mol. The maximum atomic E-state index is 11.9. The summed E-state index contributed by atoms with van der Waals surface area (Å²) in [5.41, 5.74) is 4.96. The van der Waals surface area contributed by atoms with E-state index in [9.17, 15) is 4.79 Å². The Morgan fingerprint density at radius 1 is 1.56 bits per heavy atom. The molecule has 18 heavy (non-hydrogen) atoms. The highest BCUT2D eigenvalue weighted by Crippen LogP contribution is 2.22. The summed E-state index contributed by atoms with van der Waals surface area (Å²) in [6, 6.07) is 3.51. The van der Waals surface area contributed by atoms with Crippen LogP contribution in [0.4, 0.5) is 0 Å². The van der Waals surface area contributed by atoms with Crippen LogP contribution in [0.1, 0.15) is 33.9 Å². The first kappa shape index (κ1) is 10.8. The van der Waals surface area contributed by atoms with Crippen molar-refractivity contribution in [2.75, 3.05) is 0 Å². The minimum Gasteiger partial charge on any atom is -0.463 e. The van der Waals surface area contributed by atoms with Gasteiger partial charge in [0.2, 0.25) is 0 Å². The molecule has 1 aliphatic carbocycles. The second kappa shape index (κ2) is 4.48. The van der Waals surface area contributed by atoms with E-state index < -0.39 is 0 Å². The Kier molecular flexibility index (Phi) is 2.68. The Hall–Kier alpha value is -2.37. The zero-order valence-electron chi connectivity index (χ0n) is 9.64. The maximum absolute atomic E-state index is 11.9. The average Bonchev–Trinajstić information content (AvgIpc) is 3.05. The Labute approximate surface area is 103 Å². The SMILES string of the molecule is O=C(N/N=C\c1ccco1)c1n[nH]c2c1CCC2. The second-order valence-electron chi connectivity index (χ2n) is 4.10. The quantitative estimate of drug-likeness (QED) is 0.629. The third kappa shape index (κ3) is 1.92. The fraction of sp³-hybridized carbons (Fsp3) is 0.250. The van der Waals surface area contributed by atoms with Crippen LogP contribution in [0.5, 0.6) is 0 Å². The van der Waals surface area contributed by atoms with Crippen molar-refractivity contribution in [3.05, 3.63) is 41.1 Å². The van der Waals surface area contributed by atoms with E-state index in [0.29, 0.717) is 11.5 Å². The van der Waals surface area contributed by atoms with Gasteiger partial charge in [0.15, 0.2) is 5.69 Å². The number of aromatic nitrogens is 2. The lowest BCUT2D eigenvalue weighted by atomic mass is 10.2. The molecule has 0 fully saturated rings. The normalized spacial score (nSPS) is 14.0. The van der Waals surface area contributed by atoms with Gasteiger partial charge < -0.3 is 4.42 Å². The summed E-state index contributed by atoms with van der Waals surface area (Å²) in [5.74, 6) is 0.291. The fourth-order valence-corrected chi connectivity index (χ4v) is 2.08. The van der Waals surface area contributed by atoms with Crippen molar-refractivity contribution >= 4 is 12.1 Å². The van der Waals surface area contributed by atoms with Crippen LogP contribution >= 0.6 is 0 Å². The number of hydrogen-bond donors (Lipinski definition) is 2. The molecule has 0 atom stereocenters. The predicted molar refractivity (Wildman–Crippen MR) is 64.4 cm³/mol. The summed E-state index contributed by atoms with van der Waals surface area (Å²) in [4.78, 5) is 11.9. The number of nitrogens with one attached hydrogen (secondary N) is 2. The van der Waals surface area contributed by atoms with E-state index in [1.807, 2.05) is 0 Å². The van der Waals surface area contributed by atoms with Crippen LogP contribution in [-0.2, 0) is 12.8 Å². The number of hydrogen-bond acceptors (Lipinski definition) is 4. The van der Waals surface area contributed by atoms with Gasteiger partial charge in [0.1, 0.15) is 5.76 Å². The molecule has 92 valence electrons. The Morgan fingerprint density at radius 3 is 3.33 bits per heavy atom. The van der Waals surface area contributed by atoms with Crippen LogP contribution in [0.25, 0.3) is 0 Å². The van der Waals surface area contributed by atoms with Crippen molar-refractivity contribution < 1.29 is 9.21 Å². The summed E-state index contributed by atoms with van der Waals surface area (Å²) >= 11 is 0. The molecule has 6 nitrogen and oxygen atoms in total. The van der Waals surface area contributed by atoms with Gasteiger partial charge in [-0.15, -0.1) is 0 Å². The summed E-state index contributed by atoms with van der Waals surface area (Å²) in [7, 11) is 0. The van der Waals surface area contributed by atoms with E-state index in [0.717, 1.165) is 30.5 Å². The molecular weight excluding hydrogens is 232 g/mol. The lowest BCUT2D eigenvalue weighted by Crippen LogP contribution is -2.19. The number of carbonyl (C=O) groups is 1. The molecule has 0 aliphatic heterocycles. The first-order chi connectivity index (χ1) is 8.84. The van der Waals surface area contributed by atoms with Gasteiger partial charge in [0.05, 0.1) is 12.5 Å². The number of furan rings is 1. The number of aryl methyl sites for hydroxylation is 1. The molecule has 0 unspecified atom stereocenters. The number of amides is 1. The van der Waals surface area contributed by atoms with Crippen LogP contribution in [0.2, 0.25) is 0 Å². The topological polar surface area (TPSA) is 83.3 Å². The monoisotopic (exact) mass is 244 g/mol. The van der Waals surface area contributed by atoms with E-state index in [2.05, 4.69) is 20.7 Å². The Bertz CT molecular complexity index is 583. The minimum atomic E-state index is -0.294. The molecule has 0 spiro atoms. The van der Waals surface area contributed by atoms with Gasteiger partial charge in [0.25, 0.3) is 5.91 Å². The molecule has 2 aromatic heterocycles. The molecule has 1 aliphatic rings. The molecule has 2 heterocycles.